The zero-order chi connectivity index (χ0) is 10.8. The molecule has 0 spiro atoms. The van der Waals surface area contributed by atoms with Gasteiger partial charge in [0.05, 0.1) is 5.37 Å². The van der Waals surface area contributed by atoms with Gasteiger partial charge in [-0.05, 0) is 24.7 Å². The minimum Gasteiger partial charge on any atom is -0.480 e. The summed E-state index contributed by atoms with van der Waals surface area (Å²) in [4.78, 5) is 10.8. The van der Waals surface area contributed by atoms with Crippen molar-refractivity contribution in [3.63, 3.8) is 0 Å². The molecule has 2 aliphatic rings. The lowest BCUT2D eigenvalue weighted by Gasteiger charge is -2.30. The van der Waals surface area contributed by atoms with Gasteiger partial charge in [0.2, 0.25) is 0 Å². The van der Waals surface area contributed by atoms with Gasteiger partial charge in [-0.1, -0.05) is 19.1 Å². The highest BCUT2D eigenvalue weighted by molar-refractivity contribution is 8.00. The monoisotopic (exact) mass is 227 g/mol. The van der Waals surface area contributed by atoms with Crippen LogP contribution in [0, 0.1) is 11.8 Å². The van der Waals surface area contributed by atoms with Crippen LogP contribution in [0.1, 0.15) is 19.8 Å². The van der Waals surface area contributed by atoms with Crippen LogP contribution >= 0.6 is 11.8 Å². The van der Waals surface area contributed by atoms with E-state index in [1.807, 2.05) is 0 Å². The number of rotatable bonds is 2. The van der Waals surface area contributed by atoms with Crippen LogP contribution in [0.4, 0.5) is 0 Å². The molecular formula is C11H17NO2S. The van der Waals surface area contributed by atoms with Crippen LogP contribution < -0.4 is 5.32 Å². The lowest BCUT2D eigenvalue weighted by molar-refractivity contribution is -0.138. The number of hydrogen-bond donors (Lipinski definition) is 2. The number of thioether (sulfide) groups is 1. The first-order valence-corrected chi connectivity index (χ1v) is 6.49. The summed E-state index contributed by atoms with van der Waals surface area (Å²) < 4.78 is 0. The number of carboxylic acids is 1. The fraction of sp³-hybridized carbons (Fsp3) is 0.727. The van der Waals surface area contributed by atoms with Gasteiger partial charge in [-0.15, -0.1) is 11.8 Å². The normalized spacial score (nSPS) is 40.6. The van der Waals surface area contributed by atoms with E-state index in [1.165, 1.54) is 0 Å². The Kier molecular flexibility index (Phi) is 3.36. The summed E-state index contributed by atoms with van der Waals surface area (Å²) >= 11 is 1.76. The van der Waals surface area contributed by atoms with Crippen molar-refractivity contribution in [3.05, 3.63) is 12.2 Å². The third-order valence-corrected chi connectivity index (χ3v) is 4.68. The van der Waals surface area contributed by atoms with Gasteiger partial charge in [-0.25, -0.2) is 0 Å². The lowest BCUT2D eigenvalue weighted by atomic mass is 9.84. The summed E-state index contributed by atoms with van der Waals surface area (Å²) in [6.07, 6.45) is 6.66. The molecule has 1 aliphatic heterocycles. The van der Waals surface area contributed by atoms with Crippen molar-refractivity contribution in [3.8, 4) is 0 Å². The Bertz CT molecular complexity index is 280. The smallest absolute Gasteiger partial charge is 0.321 e. The molecule has 1 heterocycles. The summed E-state index contributed by atoms with van der Waals surface area (Å²) in [6.45, 7) is 2.25. The average molecular weight is 227 g/mol. The zero-order valence-corrected chi connectivity index (χ0v) is 9.67. The van der Waals surface area contributed by atoms with Crippen LogP contribution in [0.3, 0.4) is 0 Å². The molecular weight excluding hydrogens is 210 g/mol. The van der Waals surface area contributed by atoms with Crippen LogP contribution in [0.25, 0.3) is 0 Å². The minimum atomic E-state index is -0.719. The molecule has 3 nitrogen and oxygen atoms in total. The maximum absolute atomic E-state index is 10.8. The lowest BCUT2D eigenvalue weighted by Crippen LogP contribution is -2.41. The Morgan fingerprint density at radius 2 is 2.20 bits per heavy atom. The summed E-state index contributed by atoms with van der Waals surface area (Å²) in [5.41, 5.74) is 0. The van der Waals surface area contributed by atoms with Crippen molar-refractivity contribution < 1.29 is 9.90 Å². The molecule has 15 heavy (non-hydrogen) atoms. The van der Waals surface area contributed by atoms with Gasteiger partial charge < -0.3 is 5.11 Å². The van der Waals surface area contributed by atoms with E-state index in [-0.39, 0.29) is 6.04 Å². The van der Waals surface area contributed by atoms with Gasteiger partial charge in [-0.2, -0.15) is 0 Å². The van der Waals surface area contributed by atoms with E-state index in [0.29, 0.717) is 23.0 Å². The summed E-state index contributed by atoms with van der Waals surface area (Å²) in [5, 5.41) is 12.5. The van der Waals surface area contributed by atoms with Crippen LogP contribution in [0.2, 0.25) is 0 Å². The minimum absolute atomic E-state index is 0.325. The van der Waals surface area contributed by atoms with Crippen molar-refractivity contribution in [2.45, 2.75) is 31.2 Å². The Labute approximate surface area is 94.3 Å². The van der Waals surface area contributed by atoms with Gasteiger partial charge in [0.1, 0.15) is 6.04 Å². The highest BCUT2D eigenvalue weighted by Gasteiger charge is 2.36. The van der Waals surface area contributed by atoms with Gasteiger partial charge in [-0.3, -0.25) is 10.1 Å². The summed E-state index contributed by atoms with van der Waals surface area (Å²) in [7, 11) is 0. The van der Waals surface area contributed by atoms with Gasteiger partial charge >= 0.3 is 5.97 Å². The molecule has 0 aromatic carbocycles. The molecule has 2 N–H and O–H groups in total. The molecule has 0 bridgehead atoms. The Morgan fingerprint density at radius 3 is 2.80 bits per heavy atom. The maximum Gasteiger partial charge on any atom is 0.321 e. The average Bonchev–Trinajstić information content (AvgIpc) is 2.67. The second-order valence-corrected chi connectivity index (χ2v) is 5.57. The Hall–Kier alpha value is -0.480. The molecule has 84 valence electrons. The van der Waals surface area contributed by atoms with E-state index in [1.54, 1.807) is 11.8 Å². The third kappa shape index (κ3) is 2.37. The molecule has 0 amide bonds. The van der Waals surface area contributed by atoms with Crippen LogP contribution in [-0.4, -0.2) is 28.2 Å². The van der Waals surface area contributed by atoms with Crippen LogP contribution in [0.5, 0.6) is 0 Å². The first-order valence-electron chi connectivity index (χ1n) is 5.44. The van der Waals surface area contributed by atoms with Crippen LogP contribution in [0.15, 0.2) is 12.2 Å². The molecule has 1 aliphatic carbocycles. The van der Waals surface area contributed by atoms with Gasteiger partial charge in [0.15, 0.2) is 0 Å². The molecule has 0 aromatic rings. The third-order valence-electron chi connectivity index (χ3n) is 3.31. The molecule has 0 aromatic heterocycles. The molecule has 4 heteroatoms. The SMILES string of the molecule is CC1CC=CCC1C1NC(C(=O)O)CS1. The largest absolute Gasteiger partial charge is 0.480 e. The second-order valence-electron chi connectivity index (χ2n) is 4.40. The highest BCUT2D eigenvalue weighted by atomic mass is 32.2. The van der Waals surface area contributed by atoms with E-state index < -0.39 is 5.97 Å². The highest BCUT2D eigenvalue weighted by Crippen LogP contribution is 2.35. The first kappa shape index (κ1) is 11.0. The number of nitrogens with one attached hydrogen (secondary N) is 1. The molecule has 1 fully saturated rings. The number of carbonyl (C=O) groups is 1. The number of aliphatic carboxylic acids is 1. The van der Waals surface area contributed by atoms with E-state index in [9.17, 15) is 4.79 Å². The number of carboxylic acid groups (broad SMARTS) is 1. The quantitative estimate of drug-likeness (QED) is 0.705. The summed E-state index contributed by atoms with van der Waals surface area (Å²) in [5.74, 6) is 1.23. The topological polar surface area (TPSA) is 49.3 Å². The van der Waals surface area contributed by atoms with Crippen LogP contribution in [-0.2, 0) is 4.79 Å². The van der Waals surface area contributed by atoms with Gasteiger partial charge in [0.25, 0.3) is 0 Å². The molecule has 1 saturated heterocycles. The molecule has 4 unspecified atom stereocenters. The predicted octanol–water partition coefficient (Wildman–Crippen LogP) is 1.70. The van der Waals surface area contributed by atoms with E-state index in [4.69, 9.17) is 5.11 Å². The predicted molar refractivity (Wildman–Crippen MR) is 61.8 cm³/mol. The van der Waals surface area contributed by atoms with Crippen molar-refractivity contribution in [2.75, 3.05) is 5.75 Å². The summed E-state index contributed by atoms with van der Waals surface area (Å²) in [6, 6.07) is -0.349. The Balaban J connectivity index is 1.95. The number of allylic oxidation sites excluding steroid dienone is 2. The first-order chi connectivity index (χ1) is 7.18. The second kappa shape index (κ2) is 4.58. The molecule has 0 radical (unpaired) electrons. The number of hydrogen-bond acceptors (Lipinski definition) is 3. The fourth-order valence-corrected chi connectivity index (χ4v) is 3.80. The van der Waals surface area contributed by atoms with Crippen molar-refractivity contribution >= 4 is 17.7 Å². The fourth-order valence-electron chi connectivity index (χ4n) is 2.28. The van der Waals surface area contributed by atoms with E-state index in [2.05, 4.69) is 24.4 Å². The maximum atomic E-state index is 10.8. The standard InChI is InChI=1S/C11H17NO2S/c1-7-4-2-3-5-8(7)10-12-9(6-15-10)11(13)14/h2-3,7-10,12H,4-6H2,1H3,(H,13,14). The molecule has 4 atom stereocenters. The van der Waals surface area contributed by atoms with E-state index in [0.717, 1.165) is 12.8 Å². The van der Waals surface area contributed by atoms with Crippen molar-refractivity contribution in [1.29, 1.82) is 0 Å². The van der Waals surface area contributed by atoms with Crippen molar-refractivity contribution in [2.24, 2.45) is 11.8 Å². The van der Waals surface area contributed by atoms with E-state index >= 15 is 0 Å². The molecule has 0 saturated carbocycles. The van der Waals surface area contributed by atoms with Crippen molar-refractivity contribution in [1.82, 2.24) is 5.32 Å². The van der Waals surface area contributed by atoms with Gasteiger partial charge in [0, 0.05) is 5.75 Å². The Morgan fingerprint density at radius 1 is 1.47 bits per heavy atom. The zero-order valence-electron chi connectivity index (χ0n) is 8.85. The molecule has 2 rings (SSSR count).